The Balaban J connectivity index is 0.00000180. The molecule has 2 heterocycles. The second-order valence-electron chi connectivity index (χ2n) is 9.02. The zero-order valence-corrected chi connectivity index (χ0v) is 18.8. The fourth-order valence-corrected chi connectivity index (χ4v) is 4.89. The summed E-state index contributed by atoms with van der Waals surface area (Å²) in [5, 5.41) is 7.89. The van der Waals surface area contributed by atoms with E-state index in [0.29, 0.717) is 36.4 Å². The highest BCUT2D eigenvalue weighted by atomic mass is 16.5. The minimum atomic E-state index is -0.959. The largest absolute Gasteiger partial charge is 0.478 e. The van der Waals surface area contributed by atoms with Crippen molar-refractivity contribution in [3.05, 3.63) is 53.6 Å². The third-order valence-electron chi connectivity index (χ3n) is 6.58. The van der Waals surface area contributed by atoms with Gasteiger partial charge >= 0.3 is 6.03 Å². The lowest BCUT2D eigenvalue weighted by molar-refractivity contribution is -0.128. The molecule has 2 atom stereocenters. The van der Waals surface area contributed by atoms with Crippen LogP contribution in [0.15, 0.2) is 42.5 Å². The molecule has 34 heavy (non-hydrogen) atoms. The first-order valence-electron chi connectivity index (χ1n) is 11.5. The van der Waals surface area contributed by atoms with Gasteiger partial charge in [0.25, 0.3) is 11.8 Å². The monoisotopic (exact) mass is 466 g/mol. The summed E-state index contributed by atoms with van der Waals surface area (Å²) in [5.74, 6) is -0.294. The lowest BCUT2D eigenvalue weighted by Gasteiger charge is -2.34. The van der Waals surface area contributed by atoms with Gasteiger partial charge in [-0.3, -0.25) is 24.6 Å². The highest BCUT2D eigenvalue weighted by molar-refractivity contribution is 6.08. The standard InChI is InChI=1S/C25H26N4O5.2H2/c1-2-3-7-20-22(31)29(18-6-4-5-8-19(18)34-20)14-21(30)26-17-10-9-15-12-25(13-16(15)11-17)23(32)27-24(33)28-25;;/h4-6,8-11,20H,2-3,7,12-14H2,1H3,(H,26,30)(H2,27,28,32,33);2*1H. The number of unbranched alkanes of at least 4 members (excludes halogenated alkanes) is 1. The molecule has 3 N–H and O–H groups in total. The molecular weight excluding hydrogens is 436 g/mol. The molecule has 9 nitrogen and oxygen atoms in total. The van der Waals surface area contributed by atoms with Crippen molar-refractivity contribution >= 4 is 35.1 Å². The van der Waals surface area contributed by atoms with E-state index in [1.165, 1.54) is 4.90 Å². The summed E-state index contributed by atoms with van der Waals surface area (Å²) in [6, 6.07) is 12.2. The number of imide groups is 1. The summed E-state index contributed by atoms with van der Waals surface area (Å²) < 4.78 is 5.90. The Morgan fingerprint density at radius 2 is 1.97 bits per heavy atom. The number of nitrogens with one attached hydrogen (secondary N) is 3. The zero-order valence-electron chi connectivity index (χ0n) is 18.8. The average Bonchev–Trinajstić information content (AvgIpc) is 3.31. The van der Waals surface area contributed by atoms with Crippen molar-refractivity contribution in [3.63, 3.8) is 0 Å². The summed E-state index contributed by atoms with van der Waals surface area (Å²) in [5.41, 5.74) is 2.03. The third kappa shape index (κ3) is 3.87. The second-order valence-corrected chi connectivity index (χ2v) is 9.02. The SMILES string of the molecule is CCCCC1Oc2ccccc2N(CC(=O)Nc2ccc3c(c2)CC2(C3)NC(=O)NC2=O)C1=O.[HH].[HH]. The van der Waals surface area contributed by atoms with E-state index in [0.717, 1.165) is 24.0 Å². The predicted octanol–water partition coefficient (Wildman–Crippen LogP) is 2.78. The highest BCUT2D eigenvalue weighted by Gasteiger charge is 2.50. The van der Waals surface area contributed by atoms with Crippen LogP contribution in [0, 0.1) is 0 Å². The molecule has 9 heteroatoms. The number of nitrogens with zero attached hydrogens (tertiary/aromatic N) is 1. The van der Waals surface area contributed by atoms with Crippen LogP contribution in [0.25, 0.3) is 0 Å². The van der Waals surface area contributed by atoms with E-state index >= 15 is 0 Å². The summed E-state index contributed by atoms with van der Waals surface area (Å²) in [7, 11) is 0. The first kappa shape index (κ1) is 21.9. The van der Waals surface area contributed by atoms with Gasteiger partial charge in [0.2, 0.25) is 5.91 Å². The lowest BCUT2D eigenvalue weighted by atomic mass is 9.96. The average molecular weight is 467 g/mol. The van der Waals surface area contributed by atoms with Gasteiger partial charge in [0, 0.05) is 21.4 Å². The van der Waals surface area contributed by atoms with E-state index in [-0.39, 0.29) is 27.1 Å². The van der Waals surface area contributed by atoms with Crippen molar-refractivity contribution in [2.24, 2.45) is 0 Å². The summed E-state index contributed by atoms with van der Waals surface area (Å²) in [6.07, 6.45) is 2.56. The molecule has 3 aliphatic rings. The molecule has 1 saturated heterocycles. The van der Waals surface area contributed by atoms with E-state index in [2.05, 4.69) is 22.9 Å². The summed E-state index contributed by atoms with van der Waals surface area (Å²) in [6.45, 7) is 1.92. The van der Waals surface area contributed by atoms with E-state index in [1.807, 2.05) is 18.2 Å². The quantitative estimate of drug-likeness (QED) is 0.566. The van der Waals surface area contributed by atoms with Crippen molar-refractivity contribution in [1.29, 1.82) is 0 Å². The van der Waals surface area contributed by atoms with Crippen LogP contribution in [0.5, 0.6) is 5.75 Å². The molecule has 1 aliphatic carbocycles. The van der Waals surface area contributed by atoms with Gasteiger partial charge in [-0.05, 0) is 48.2 Å². The number of rotatable bonds is 6. The normalized spacial score (nSPS) is 22.7. The van der Waals surface area contributed by atoms with Crippen molar-refractivity contribution < 1.29 is 26.8 Å². The maximum absolute atomic E-state index is 13.1. The molecule has 0 radical (unpaired) electrons. The van der Waals surface area contributed by atoms with Gasteiger partial charge < -0.3 is 15.4 Å². The second kappa shape index (κ2) is 8.48. The molecule has 5 amide bonds. The first-order valence-corrected chi connectivity index (χ1v) is 11.5. The van der Waals surface area contributed by atoms with Crippen molar-refractivity contribution in [3.8, 4) is 5.75 Å². The van der Waals surface area contributed by atoms with Gasteiger partial charge in [-0.25, -0.2) is 4.79 Å². The number of urea groups is 1. The smallest absolute Gasteiger partial charge is 0.322 e. The molecule has 1 fully saturated rings. The minimum absolute atomic E-state index is 0. The van der Waals surface area contributed by atoms with Crippen LogP contribution in [0.4, 0.5) is 16.2 Å². The Morgan fingerprint density at radius 3 is 2.74 bits per heavy atom. The number of carbonyl (C=O) groups excluding carboxylic acids is 4. The number of anilines is 2. The Kier molecular flexibility index (Phi) is 5.47. The van der Waals surface area contributed by atoms with Crippen LogP contribution in [-0.4, -0.2) is 41.9 Å². The highest BCUT2D eigenvalue weighted by Crippen LogP contribution is 2.36. The topological polar surface area (TPSA) is 117 Å². The van der Waals surface area contributed by atoms with E-state index in [9.17, 15) is 19.2 Å². The predicted molar refractivity (Wildman–Crippen MR) is 129 cm³/mol. The van der Waals surface area contributed by atoms with Crippen molar-refractivity contribution in [2.75, 3.05) is 16.8 Å². The van der Waals surface area contributed by atoms with E-state index in [1.54, 1.807) is 24.3 Å². The molecule has 2 unspecified atom stereocenters. The molecule has 5 rings (SSSR count). The number of benzene rings is 2. The lowest BCUT2D eigenvalue weighted by Crippen LogP contribution is -2.48. The number of para-hydroxylation sites is 2. The Morgan fingerprint density at radius 1 is 1.18 bits per heavy atom. The van der Waals surface area contributed by atoms with Gasteiger partial charge in [0.05, 0.1) is 5.69 Å². The maximum Gasteiger partial charge on any atom is 0.322 e. The van der Waals surface area contributed by atoms with Crippen molar-refractivity contribution in [1.82, 2.24) is 10.6 Å². The molecule has 0 aromatic heterocycles. The van der Waals surface area contributed by atoms with Gasteiger partial charge in [0.1, 0.15) is 17.8 Å². The van der Waals surface area contributed by atoms with Gasteiger partial charge in [-0.15, -0.1) is 0 Å². The van der Waals surface area contributed by atoms with Crippen molar-refractivity contribution in [2.45, 2.75) is 50.7 Å². The maximum atomic E-state index is 13.1. The molecule has 0 saturated carbocycles. The van der Waals surface area contributed by atoms with E-state index in [4.69, 9.17) is 4.74 Å². The van der Waals surface area contributed by atoms with Gasteiger partial charge in [-0.2, -0.15) is 0 Å². The Bertz CT molecular complexity index is 1210. The Hall–Kier alpha value is -3.88. The summed E-state index contributed by atoms with van der Waals surface area (Å²) in [4.78, 5) is 51.4. The number of ether oxygens (including phenoxy) is 1. The molecule has 180 valence electrons. The number of hydrogen-bond acceptors (Lipinski definition) is 5. The number of hydrogen-bond donors (Lipinski definition) is 3. The molecule has 0 bridgehead atoms. The molecular formula is C25H30N4O5. The van der Waals surface area contributed by atoms with Crippen LogP contribution in [0.2, 0.25) is 0 Å². The molecule has 1 spiro atoms. The zero-order chi connectivity index (χ0) is 23.9. The van der Waals surface area contributed by atoms with Gasteiger partial charge in [-0.1, -0.05) is 31.5 Å². The molecule has 2 aliphatic heterocycles. The number of carbonyl (C=O) groups is 4. The van der Waals surface area contributed by atoms with Crippen LogP contribution in [-0.2, 0) is 27.2 Å². The van der Waals surface area contributed by atoms with Gasteiger partial charge in [0.15, 0.2) is 6.10 Å². The molecule has 2 aromatic rings. The minimum Gasteiger partial charge on any atom is -0.478 e. The van der Waals surface area contributed by atoms with Crippen LogP contribution < -0.4 is 25.6 Å². The number of fused-ring (bicyclic) bond motifs is 2. The molecule has 2 aromatic carbocycles. The summed E-state index contributed by atoms with van der Waals surface area (Å²) >= 11 is 0. The first-order chi connectivity index (χ1) is 16.4. The van der Waals surface area contributed by atoms with Crippen LogP contribution >= 0.6 is 0 Å². The fourth-order valence-electron chi connectivity index (χ4n) is 4.89. The fraction of sp³-hybridized carbons (Fsp3) is 0.360. The van der Waals surface area contributed by atoms with Crippen LogP contribution in [0.1, 0.15) is 40.2 Å². The van der Waals surface area contributed by atoms with E-state index < -0.39 is 17.7 Å². The van der Waals surface area contributed by atoms with Crippen LogP contribution in [0.3, 0.4) is 0 Å². The number of amides is 5. The third-order valence-corrected chi connectivity index (χ3v) is 6.58. The Labute approximate surface area is 199 Å².